The summed E-state index contributed by atoms with van der Waals surface area (Å²) >= 11 is 0. The van der Waals surface area contributed by atoms with Crippen LogP contribution >= 0.6 is 0 Å². The Kier molecular flexibility index (Phi) is 25.8. The molecule has 0 rings (SSSR count). The van der Waals surface area contributed by atoms with E-state index in [1.807, 2.05) is 0 Å². The molecule has 0 saturated carbocycles. The zero-order valence-electron chi connectivity index (χ0n) is 22.5. The number of unbranched alkanes of at least 4 members (excludes halogenated alkanes) is 5. The zero-order chi connectivity index (χ0) is 27.6. The number of ether oxygens (including phenoxy) is 2. The number of esters is 1. The molecule has 208 valence electrons. The third-order valence-corrected chi connectivity index (χ3v) is 5.26. The zero-order valence-corrected chi connectivity index (χ0v) is 22.5. The van der Waals surface area contributed by atoms with E-state index in [0.717, 1.165) is 87.5 Å². The summed E-state index contributed by atoms with van der Waals surface area (Å²) in [5.41, 5.74) is 2.52. The van der Waals surface area contributed by atoms with Crippen molar-refractivity contribution >= 4 is 11.8 Å². The average Bonchev–Trinajstić information content (AvgIpc) is 2.85. The standard InChI is InChI=1S/C18H32O3.C11H18O4/c1-16(10-4-7-13-19)17(2)11-6-9-15-21-18(3)12-5-8-14-20;1-9(2)11(14)15-8-10(13)6-4-3-5-7-12/h19-20H,1-15H2;12H,1,3-8H2,2H3. The molecule has 0 aliphatic carbocycles. The van der Waals surface area contributed by atoms with Crippen molar-refractivity contribution in [3.8, 4) is 0 Å². The number of aliphatic hydroxyl groups is 3. The molecule has 7 heteroatoms. The molecule has 0 amide bonds. The number of carbonyl (C=O) groups excluding carboxylic acids is 2. The highest BCUT2D eigenvalue weighted by Crippen LogP contribution is 2.19. The van der Waals surface area contributed by atoms with Crippen molar-refractivity contribution in [2.45, 2.75) is 90.4 Å². The van der Waals surface area contributed by atoms with E-state index in [9.17, 15) is 9.59 Å². The van der Waals surface area contributed by atoms with Crippen LogP contribution in [0.2, 0.25) is 0 Å². The fourth-order valence-electron chi connectivity index (χ4n) is 2.92. The van der Waals surface area contributed by atoms with Crippen LogP contribution in [0.1, 0.15) is 90.4 Å². The second-order valence-corrected chi connectivity index (χ2v) is 8.84. The predicted molar refractivity (Wildman–Crippen MR) is 145 cm³/mol. The van der Waals surface area contributed by atoms with Gasteiger partial charge in [-0.15, -0.1) is 0 Å². The molecule has 0 bridgehead atoms. The number of rotatable bonds is 23. The summed E-state index contributed by atoms with van der Waals surface area (Å²) in [6.07, 6.45) is 10.9. The van der Waals surface area contributed by atoms with Crippen LogP contribution in [0.5, 0.6) is 0 Å². The van der Waals surface area contributed by atoms with Gasteiger partial charge in [0.15, 0.2) is 5.78 Å². The molecule has 0 spiro atoms. The highest BCUT2D eigenvalue weighted by molar-refractivity contribution is 5.89. The first-order valence-electron chi connectivity index (χ1n) is 13.0. The van der Waals surface area contributed by atoms with Crippen LogP contribution in [0, 0.1) is 0 Å². The summed E-state index contributed by atoms with van der Waals surface area (Å²) in [5.74, 6) is 0.192. The second-order valence-electron chi connectivity index (χ2n) is 8.84. The van der Waals surface area contributed by atoms with Gasteiger partial charge in [-0.05, 0) is 71.1 Å². The molecular weight excluding hydrogens is 460 g/mol. The molecular formula is C29H50O7. The van der Waals surface area contributed by atoms with E-state index in [1.54, 1.807) is 0 Å². The van der Waals surface area contributed by atoms with Gasteiger partial charge in [-0.1, -0.05) is 43.9 Å². The topological polar surface area (TPSA) is 113 Å². The summed E-state index contributed by atoms with van der Waals surface area (Å²) in [4.78, 5) is 22.1. The number of aliphatic hydroxyl groups excluding tert-OH is 3. The lowest BCUT2D eigenvalue weighted by Crippen LogP contribution is -2.13. The van der Waals surface area contributed by atoms with Gasteiger partial charge in [-0.3, -0.25) is 4.79 Å². The lowest BCUT2D eigenvalue weighted by atomic mass is 9.99. The van der Waals surface area contributed by atoms with Crippen molar-refractivity contribution in [3.63, 3.8) is 0 Å². The first kappa shape index (κ1) is 35.9. The molecule has 0 atom stereocenters. The molecule has 0 unspecified atom stereocenters. The monoisotopic (exact) mass is 510 g/mol. The molecule has 0 heterocycles. The Morgan fingerprint density at radius 3 is 1.61 bits per heavy atom. The van der Waals surface area contributed by atoms with Crippen LogP contribution in [0.4, 0.5) is 0 Å². The van der Waals surface area contributed by atoms with E-state index in [1.165, 1.54) is 6.92 Å². The van der Waals surface area contributed by atoms with Crippen molar-refractivity contribution in [2.75, 3.05) is 33.0 Å². The Hall–Kier alpha value is -2.22. The van der Waals surface area contributed by atoms with Crippen molar-refractivity contribution in [2.24, 2.45) is 0 Å². The van der Waals surface area contributed by atoms with Crippen molar-refractivity contribution < 1.29 is 34.4 Å². The Morgan fingerprint density at radius 1 is 0.611 bits per heavy atom. The molecule has 7 nitrogen and oxygen atoms in total. The summed E-state index contributed by atoms with van der Waals surface area (Å²) in [6, 6.07) is 0. The number of Topliss-reactive ketones (excluding diaryl/α,β-unsaturated/α-hetero) is 1. The van der Waals surface area contributed by atoms with Crippen molar-refractivity contribution in [3.05, 3.63) is 48.8 Å². The number of hydrogen-bond donors (Lipinski definition) is 3. The molecule has 0 aromatic carbocycles. The fraction of sp³-hybridized carbons (Fsp3) is 0.655. The highest BCUT2D eigenvalue weighted by atomic mass is 16.5. The molecule has 0 aliphatic rings. The van der Waals surface area contributed by atoms with E-state index in [4.69, 9.17) is 20.1 Å². The summed E-state index contributed by atoms with van der Waals surface area (Å²) < 4.78 is 10.2. The van der Waals surface area contributed by atoms with Gasteiger partial charge in [0, 0.05) is 38.2 Å². The summed E-state index contributed by atoms with van der Waals surface area (Å²) in [5, 5.41) is 25.9. The Labute approximate surface area is 218 Å². The van der Waals surface area contributed by atoms with Crippen LogP contribution in [0.3, 0.4) is 0 Å². The first-order chi connectivity index (χ1) is 17.2. The molecule has 0 fully saturated rings. The number of carbonyl (C=O) groups is 2. The average molecular weight is 511 g/mol. The van der Waals surface area contributed by atoms with Crippen molar-refractivity contribution in [1.82, 2.24) is 0 Å². The van der Waals surface area contributed by atoms with E-state index >= 15 is 0 Å². The normalized spacial score (nSPS) is 10.1. The molecule has 0 aliphatic heterocycles. The van der Waals surface area contributed by atoms with Gasteiger partial charge in [0.1, 0.15) is 6.61 Å². The van der Waals surface area contributed by atoms with Crippen LogP contribution in [-0.4, -0.2) is 60.1 Å². The fourth-order valence-corrected chi connectivity index (χ4v) is 2.92. The van der Waals surface area contributed by atoms with Gasteiger partial charge >= 0.3 is 5.97 Å². The van der Waals surface area contributed by atoms with Crippen LogP contribution in [-0.2, 0) is 19.1 Å². The minimum absolute atomic E-state index is 0.0949. The third-order valence-electron chi connectivity index (χ3n) is 5.26. The van der Waals surface area contributed by atoms with Gasteiger partial charge in [0.25, 0.3) is 0 Å². The lowest BCUT2D eigenvalue weighted by molar-refractivity contribution is -0.144. The van der Waals surface area contributed by atoms with E-state index in [-0.39, 0.29) is 32.2 Å². The van der Waals surface area contributed by atoms with E-state index < -0.39 is 5.97 Å². The molecule has 0 saturated heterocycles. The lowest BCUT2D eigenvalue weighted by Gasteiger charge is -2.11. The second kappa shape index (κ2) is 25.9. The van der Waals surface area contributed by atoms with Crippen LogP contribution in [0.25, 0.3) is 0 Å². The first-order valence-corrected chi connectivity index (χ1v) is 13.0. The number of allylic oxidation sites excluding steroid dienone is 3. The predicted octanol–water partition coefficient (Wildman–Crippen LogP) is 5.35. The minimum atomic E-state index is -0.529. The highest BCUT2D eigenvalue weighted by Gasteiger charge is 2.07. The molecule has 0 aromatic rings. The number of hydrogen-bond acceptors (Lipinski definition) is 7. The van der Waals surface area contributed by atoms with E-state index in [0.29, 0.717) is 25.0 Å². The Balaban J connectivity index is 0. The van der Waals surface area contributed by atoms with E-state index in [2.05, 4.69) is 31.1 Å². The SMILES string of the molecule is C=C(C)C(=O)OCC(=O)CCCCCO.C=C(CCCCO)OCCCCC(=C)C(=C)CCCCO. The molecule has 3 N–H and O–H groups in total. The smallest absolute Gasteiger partial charge is 0.333 e. The quantitative estimate of drug-likeness (QED) is 0.0558. The Bertz CT molecular complexity index is 652. The Morgan fingerprint density at radius 2 is 1.08 bits per heavy atom. The summed E-state index contributed by atoms with van der Waals surface area (Å²) in [7, 11) is 0. The number of ketones is 1. The van der Waals surface area contributed by atoms with Gasteiger partial charge in [0.2, 0.25) is 0 Å². The molecule has 0 aromatic heterocycles. The maximum Gasteiger partial charge on any atom is 0.333 e. The largest absolute Gasteiger partial charge is 0.499 e. The molecule has 0 radical (unpaired) electrons. The van der Waals surface area contributed by atoms with Crippen LogP contribution in [0.15, 0.2) is 48.8 Å². The maximum atomic E-state index is 11.2. The molecule has 36 heavy (non-hydrogen) atoms. The van der Waals surface area contributed by atoms with Crippen LogP contribution < -0.4 is 0 Å². The minimum Gasteiger partial charge on any atom is -0.499 e. The van der Waals surface area contributed by atoms with Gasteiger partial charge in [-0.25, -0.2) is 4.79 Å². The van der Waals surface area contributed by atoms with Crippen molar-refractivity contribution in [1.29, 1.82) is 0 Å². The maximum absolute atomic E-state index is 11.2. The van der Waals surface area contributed by atoms with Gasteiger partial charge in [-0.2, -0.15) is 0 Å². The van der Waals surface area contributed by atoms with Gasteiger partial charge < -0.3 is 24.8 Å². The van der Waals surface area contributed by atoms with Gasteiger partial charge in [0.05, 0.1) is 12.4 Å². The summed E-state index contributed by atoms with van der Waals surface area (Å²) in [6.45, 7) is 18.1. The third kappa shape index (κ3) is 24.9.